The molecule has 0 unspecified atom stereocenters. The lowest BCUT2D eigenvalue weighted by Gasteiger charge is -1.97. The van der Waals surface area contributed by atoms with E-state index < -0.39 is 0 Å². The largest absolute Gasteiger partial charge is 0.360 e. The van der Waals surface area contributed by atoms with E-state index in [2.05, 4.69) is 4.98 Å². The van der Waals surface area contributed by atoms with Crippen molar-refractivity contribution >= 4 is 28.3 Å². The van der Waals surface area contributed by atoms with Gasteiger partial charge in [0, 0.05) is 34.1 Å². The van der Waals surface area contributed by atoms with Gasteiger partial charge in [-0.15, -0.1) is 0 Å². The number of ketones is 1. The lowest BCUT2D eigenvalue weighted by Crippen LogP contribution is -1.96. The summed E-state index contributed by atoms with van der Waals surface area (Å²) in [6.45, 7) is 2.00. The Morgan fingerprint density at radius 2 is 2.27 bits per heavy atom. The fourth-order valence-electron chi connectivity index (χ4n) is 1.69. The fourth-order valence-corrected chi connectivity index (χ4v) is 1.86. The molecule has 0 saturated heterocycles. The number of carbonyl (C=O) groups is 1. The second-order valence-corrected chi connectivity index (χ2v) is 4.00. The summed E-state index contributed by atoms with van der Waals surface area (Å²) in [5.41, 5.74) is 1.70. The van der Waals surface area contributed by atoms with Crippen molar-refractivity contribution in [1.82, 2.24) is 4.98 Å². The number of aromatic amines is 1. The van der Waals surface area contributed by atoms with E-state index in [1.54, 1.807) is 6.20 Å². The van der Waals surface area contributed by atoms with Crippen LogP contribution in [-0.2, 0) is 0 Å². The summed E-state index contributed by atoms with van der Waals surface area (Å²) in [7, 11) is 0. The molecule has 0 fully saturated rings. The maximum atomic E-state index is 11.8. The standard InChI is InChI=1S/C12H12ClNO/c1-2-3-12(15)10-7-14-11-5-4-8(13)6-9(10)11/h4-7,14H,2-3H2,1H3. The van der Waals surface area contributed by atoms with Crippen molar-refractivity contribution in [2.24, 2.45) is 0 Å². The van der Waals surface area contributed by atoms with Gasteiger partial charge in [-0.2, -0.15) is 0 Å². The minimum atomic E-state index is 0.172. The van der Waals surface area contributed by atoms with Crippen LogP contribution in [0, 0.1) is 0 Å². The van der Waals surface area contributed by atoms with E-state index in [1.807, 2.05) is 25.1 Å². The van der Waals surface area contributed by atoms with Crippen LogP contribution in [0.5, 0.6) is 0 Å². The Balaban J connectivity index is 2.52. The molecule has 0 spiro atoms. The third kappa shape index (κ3) is 1.90. The molecule has 0 saturated carbocycles. The van der Waals surface area contributed by atoms with Gasteiger partial charge in [0.05, 0.1) is 0 Å². The van der Waals surface area contributed by atoms with Gasteiger partial charge in [0.2, 0.25) is 0 Å². The zero-order chi connectivity index (χ0) is 10.8. The Morgan fingerprint density at radius 1 is 1.47 bits per heavy atom. The molecule has 0 atom stereocenters. The minimum Gasteiger partial charge on any atom is -0.360 e. The number of Topliss-reactive ketones (excluding diaryl/α,β-unsaturated/α-hetero) is 1. The quantitative estimate of drug-likeness (QED) is 0.786. The summed E-state index contributed by atoms with van der Waals surface area (Å²) in [6, 6.07) is 5.53. The monoisotopic (exact) mass is 221 g/mol. The first-order valence-electron chi connectivity index (χ1n) is 5.02. The fraction of sp³-hybridized carbons (Fsp3) is 0.250. The molecule has 1 N–H and O–H groups in total. The maximum Gasteiger partial charge on any atom is 0.165 e. The molecule has 1 heterocycles. The molecule has 0 amide bonds. The van der Waals surface area contributed by atoms with Crippen molar-refractivity contribution in [3.8, 4) is 0 Å². The van der Waals surface area contributed by atoms with Crippen LogP contribution in [-0.4, -0.2) is 10.8 Å². The highest BCUT2D eigenvalue weighted by atomic mass is 35.5. The number of nitrogens with one attached hydrogen (secondary N) is 1. The van der Waals surface area contributed by atoms with Gasteiger partial charge in [0.1, 0.15) is 0 Å². The predicted molar refractivity (Wildman–Crippen MR) is 62.5 cm³/mol. The third-order valence-corrected chi connectivity index (χ3v) is 2.66. The smallest absolute Gasteiger partial charge is 0.165 e. The van der Waals surface area contributed by atoms with Crippen LogP contribution in [0.3, 0.4) is 0 Å². The number of H-pyrrole nitrogens is 1. The zero-order valence-electron chi connectivity index (χ0n) is 8.51. The predicted octanol–water partition coefficient (Wildman–Crippen LogP) is 3.80. The number of hydrogen-bond acceptors (Lipinski definition) is 1. The topological polar surface area (TPSA) is 32.9 Å². The van der Waals surface area contributed by atoms with Gasteiger partial charge in [-0.05, 0) is 24.6 Å². The Morgan fingerprint density at radius 3 is 3.00 bits per heavy atom. The lowest BCUT2D eigenvalue weighted by atomic mass is 10.1. The highest BCUT2D eigenvalue weighted by molar-refractivity contribution is 6.31. The van der Waals surface area contributed by atoms with Crippen molar-refractivity contribution in [1.29, 1.82) is 0 Å². The van der Waals surface area contributed by atoms with E-state index >= 15 is 0 Å². The van der Waals surface area contributed by atoms with Crippen molar-refractivity contribution in [3.05, 3.63) is 35.0 Å². The van der Waals surface area contributed by atoms with Gasteiger partial charge in [0.15, 0.2) is 5.78 Å². The van der Waals surface area contributed by atoms with E-state index in [9.17, 15) is 4.79 Å². The molecular formula is C12H12ClNO. The molecule has 2 aromatic rings. The zero-order valence-corrected chi connectivity index (χ0v) is 9.27. The van der Waals surface area contributed by atoms with E-state index in [1.165, 1.54) is 0 Å². The van der Waals surface area contributed by atoms with Gasteiger partial charge < -0.3 is 4.98 Å². The number of rotatable bonds is 3. The normalized spacial score (nSPS) is 10.8. The first kappa shape index (κ1) is 10.2. The number of halogens is 1. The van der Waals surface area contributed by atoms with Gasteiger partial charge >= 0.3 is 0 Å². The molecule has 2 nitrogen and oxygen atoms in total. The average Bonchev–Trinajstić information content (AvgIpc) is 2.60. The summed E-state index contributed by atoms with van der Waals surface area (Å²) in [5, 5.41) is 1.58. The van der Waals surface area contributed by atoms with Crippen LogP contribution in [0.1, 0.15) is 30.1 Å². The lowest BCUT2D eigenvalue weighted by molar-refractivity contribution is 0.0983. The Kier molecular flexibility index (Phi) is 2.78. The highest BCUT2D eigenvalue weighted by Gasteiger charge is 2.10. The van der Waals surface area contributed by atoms with Gasteiger partial charge in [-0.25, -0.2) is 0 Å². The van der Waals surface area contributed by atoms with Crippen molar-refractivity contribution in [2.75, 3.05) is 0 Å². The van der Waals surface area contributed by atoms with E-state index in [0.717, 1.165) is 22.9 Å². The molecule has 15 heavy (non-hydrogen) atoms. The minimum absolute atomic E-state index is 0.172. The number of benzene rings is 1. The number of carbonyl (C=O) groups excluding carboxylic acids is 1. The second-order valence-electron chi connectivity index (χ2n) is 3.57. The summed E-state index contributed by atoms with van der Waals surface area (Å²) in [6.07, 6.45) is 3.21. The molecule has 0 aliphatic carbocycles. The molecule has 0 aliphatic heterocycles. The van der Waals surface area contributed by atoms with E-state index in [4.69, 9.17) is 11.6 Å². The molecule has 0 bridgehead atoms. The Hall–Kier alpha value is -1.28. The molecule has 0 aliphatic rings. The highest BCUT2D eigenvalue weighted by Crippen LogP contribution is 2.23. The van der Waals surface area contributed by atoms with Crippen molar-refractivity contribution in [2.45, 2.75) is 19.8 Å². The molecule has 78 valence electrons. The molecule has 3 heteroatoms. The Bertz CT molecular complexity index is 501. The molecule has 2 rings (SSSR count). The number of aromatic nitrogens is 1. The molecular weight excluding hydrogens is 210 g/mol. The van der Waals surface area contributed by atoms with Gasteiger partial charge in [-0.3, -0.25) is 4.79 Å². The van der Waals surface area contributed by atoms with Crippen LogP contribution in [0.4, 0.5) is 0 Å². The second kappa shape index (κ2) is 4.07. The maximum absolute atomic E-state index is 11.8. The summed E-state index contributed by atoms with van der Waals surface area (Å²) < 4.78 is 0. The molecule has 1 aromatic carbocycles. The summed E-state index contributed by atoms with van der Waals surface area (Å²) >= 11 is 5.90. The van der Waals surface area contributed by atoms with Crippen LogP contribution < -0.4 is 0 Å². The summed E-state index contributed by atoms with van der Waals surface area (Å²) in [4.78, 5) is 14.8. The van der Waals surface area contributed by atoms with Crippen molar-refractivity contribution < 1.29 is 4.79 Å². The number of fused-ring (bicyclic) bond motifs is 1. The first-order valence-corrected chi connectivity index (χ1v) is 5.40. The number of hydrogen-bond donors (Lipinski definition) is 1. The van der Waals surface area contributed by atoms with E-state index in [0.29, 0.717) is 11.4 Å². The first-order chi connectivity index (χ1) is 7.22. The summed E-state index contributed by atoms with van der Waals surface area (Å²) in [5.74, 6) is 0.172. The SMILES string of the molecule is CCCC(=O)c1c[nH]c2ccc(Cl)cc12. The average molecular weight is 222 g/mol. The third-order valence-electron chi connectivity index (χ3n) is 2.42. The van der Waals surface area contributed by atoms with Gasteiger partial charge in [0.25, 0.3) is 0 Å². The van der Waals surface area contributed by atoms with Gasteiger partial charge in [-0.1, -0.05) is 18.5 Å². The van der Waals surface area contributed by atoms with E-state index in [-0.39, 0.29) is 5.78 Å². The molecule has 1 aromatic heterocycles. The Labute approximate surface area is 93.2 Å². The van der Waals surface area contributed by atoms with Crippen LogP contribution >= 0.6 is 11.6 Å². The van der Waals surface area contributed by atoms with Crippen LogP contribution in [0.25, 0.3) is 10.9 Å². The van der Waals surface area contributed by atoms with Crippen molar-refractivity contribution in [3.63, 3.8) is 0 Å². The van der Waals surface area contributed by atoms with Crippen LogP contribution in [0.15, 0.2) is 24.4 Å². The molecule has 0 radical (unpaired) electrons. The van der Waals surface area contributed by atoms with Crippen LogP contribution in [0.2, 0.25) is 5.02 Å².